The largest absolute Gasteiger partial charge is 0.388 e. The fourth-order valence-electron chi connectivity index (χ4n) is 2.30. The van der Waals surface area contributed by atoms with Gasteiger partial charge in [0, 0.05) is 23.2 Å². The maximum Gasteiger partial charge on any atom is 0.113 e. The highest BCUT2D eigenvalue weighted by Gasteiger charge is 2.31. The highest BCUT2D eigenvalue weighted by molar-refractivity contribution is 7.09. The molecule has 0 bridgehead atoms. The lowest BCUT2D eigenvalue weighted by molar-refractivity contribution is 0.154. The lowest BCUT2D eigenvalue weighted by atomic mass is 9.93. The molecule has 0 radical (unpaired) electrons. The average Bonchev–Trinajstić information content (AvgIpc) is 2.93. The average molecular weight is 290 g/mol. The Morgan fingerprint density at radius 2 is 2.20 bits per heavy atom. The van der Waals surface area contributed by atoms with Crippen molar-refractivity contribution in [2.75, 3.05) is 0 Å². The highest BCUT2D eigenvalue weighted by atomic mass is 32.1. The van der Waals surface area contributed by atoms with E-state index in [2.05, 4.69) is 36.9 Å². The van der Waals surface area contributed by atoms with Crippen LogP contribution in [-0.2, 0) is 12.0 Å². The molecule has 2 aromatic heterocycles. The zero-order valence-electron chi connectivity index (χ0n) is 12.3. The maximum atomic E-state index is 10.1. The van der Waals surface area contributed by atoms with Gasteiger partial charge < -0.3 is 9.67 Å². The molecule has 108 valence electrons. The molecule has 1 N–H and O–H groups in total. The Labute approximate surface area is 124 Å². The standard InChI is InChI=1S/C16H22N2OS/c1-16(2,3)13-10-20-14(17-13)9-18-7-6-12(8-18)15(19)11-4-5-11/h6-8,10-11,15,19H,4-5,9H2,1-3H3. The zero-order valence-corrected chi connectivity index (χ0v) is 13.2. The van der Waals surface area contributed by atoms with E-state index in [0.29, 0.717) is 5.92 Å². The normalized spacial score (nSPS) is 17.4. The summed E-state index contributed by atoms with van der Waals surface area (Å²) in [7, 11) is 0. The first-order valence-corrected chi connectivity index (χ1v) is 8.10. The van der Waals surface area contributed by atoms with E-state index >= 15 is 0 Å². The van der Waals surface area contributed by atoms with Crippen LogP contribution in [0, 0.1) is 5.92 Å². The molecule has 3 nitrogen and oxygen atoms in total. The van der Waals surface area contributed by atoms with Crippen LogP contribution in [-0.4, -0.2) is 14.7 Å². The quantitative estimate of drug-likeness (QED) is 0.931. The number of thiazole rings is 1. The van der Waals surface area contributed by atoms with Gasteiger partial charge in [-0.25, -0.2) is 4.98 Å². The minimum Gasteiger partial charge on any atom is -0.388 e. The van der Waals surface area contributed by atoms with Crippen molar-refractivity contribution < 1.29 is 5.11 Å². The van der Waals surface area contributed by atoms with Gasteiger partial charge in [-0.05, 0) is 30.4 Å². The van der Waals surface area contributed by atoms with Gasteiger partial charge in [-0.1, -0.05) is 20.8 Å². The lowest BCUT2D eigenvalue weighted by Crippen LogP contribution is -2.11. The SMILES string of the molecule is CC(C)(C)c1csc(Cn2ccc(C(O)C3CC3)c2)n1. The van der Waals surface area contributed by atoms with Crippen LogP contribution in [0.4, 0.5) is 0 Å². The van der Waals surface area contributed by atoms with Crippen molar-refractivity contribution in [2.24, 2.45) is 5.92 Å². The highest BCUT2D eigenvalue weighted by Crippen LogP contribution is 2.40. The van der Waals surface area contributed by atoms with Crippen molar-refractivity contribution in [1.82, 2.24) is 9.55 Å². The summed E-state index contributed by atoms with van der Waals surface area (Å²) in [6.45, 7) is 7.35. The molecule has 0 amide bonds. The summed E-state index contributed by atoms with van der Waals surface area (Å²) >= 11 is 1.71. The van der Waals surface area contributed by atoms with E-state index in [-0.39, 0.29) is 11.5 Å². The third-order valence-electron chi connectivity index (χ3n) is 3.82. The summed E-state index contributed by atoms with van der Waals surface area (Å²) in [5.41, 5.74) is 2.31. The Kier molecular flexibility index (Phi) is 3.46. The van der Waals surface area contributed by atoms with Crippen molar-refractivity contribution in [3.05, 3.63) is 40.1 Å². The molecule has 0 spiro atoms. The van der Waals surface area contributed by atoms with Gasteiger partial charge in [-0.2, -0.15) is 0 Å². The van der Waals surface area contributed by atoms with Crippen molar-refractivity contribution in [3.8, 4) is 0 Å². The molecule has 1 aliphatic rings. The number of aliphatic hydroxyl groups is 1. The smallest absolute Gasteiger partial charge is 0.113 e. The first kappa shape index (κ1) is 13.8. The second-order valence-electron chi connectivity index (χ2n) is 6.78. The van der Waals surface area contributed by atoms with E-state index in [1.807, 2.05) is 12.3 Å². The van der Waals surface area contributed by atoms with E-state index in [0.717, 1.165) is 35.7 Å². The van der Waals surface area contributed by atoms with Gasteiger partial charge in [0.2, 0.25) is 0 Å². The monoisotopic (exact) mass is 290 g/mol. The molecule has 2 aromatic rings. The second-order valence-corrected chi connectivity index (χ2v) is 7.72. The summed E-state index contributed by atoms with van der Waals surface area (Å²) in [5, 5.41) is 13.4. The van der Waals surface area contributed by atoms with E-state index in [9.17, 15) is 5.11 Å². The number of aromatic nitrogens is 2. The van der Waals surface area contributed by atoms with Crippen molar-refractivity contribution in [1.29, 1.82) is 0 Å². The van der Waals surface area contributed by atoms with Crippen LogP contribution in [0.5, 0.6) is 0 Å². The molecule has 1 aliphatic carbocycles. The molecule has 0 aromatic carbocycles. The van der Waals surface area contributed by atoms with Crippen LogP contribution in [0.3, 0.4) is 0 Å². The van der Waals surface area contributed by atoms with E-state index in [4.69, 9.17) is 4.98 Å². The van der Waals surface area contributed by atoms with Crippen LogP contribution in [0.2, 0.25) is 0 Å². The molecular weight excluding hydrogens is 268 g/mol. The van der Waals surface area contributed by atoms with Crippen LogP contribution < -0.4 is 0 Å². The summed E-state index contributed by atoms with van der Waals surface area (Å²) in [4.78, 5) is 4.71. The summed E-state index contributed by atoms with van der Waals surface area (Å²) in [6, 6.07) is 2.03. The summed E-state index contributed by atoms with van der Waals surface area (Å²) in [6.07, 6.45) is 6.14. The minimum atomic E-state index is -0.280. The van der Waals surface area contributed by atoms with Gasteiger partial charge in [0.15, 0.2) is 0 Å². The van der Waals surface area contributed by atoms with Crippen LogP contribution >= 0.6 is 11.3 Å². The van der Waals surface area contributed by atoms with E-state index in [1.165, 1.54) is 0 Å². The molecule has 1 atom stereocenters. The molecular formula is C16H22N2OS. The summed E-state index contributed by atoms with van der Waals surface area (Å²) < 4.78 is 2.12. The van der Waals surface area contributed by atoms with Crippen molar-refractivity contribution in [2.45, 2.75) is 51.7 Å². The Bertz CT molecular complexity index is 590. The number of nitrogens with zero attached hydrogens (tertiary/aromatic N) is 2. The summed E-state index contributed by atoms with van der Waals surface area (Å²) in [5.74, 6) is 0.484. The molecule has 2 heterocycles. The third kappa shape index (κ3) is 2.96. The second kappa shape index (κ2) is 5.01. The van der Waals surface area contributed by atoms with Crippen LogP contribution in [0.15, 0.2) is 23.8 Å². The minimum absolute atomic E-state index is 0.110. The molecule has 4 heteroatoms. The fraction of sp³-hybridized carbons (Fsp3) is 0.562. The van der Waals surface area contributed by atoms with E-state index in [1.54, 1.807) is 11.3 Å². The first-order chi connectivity index (χ1) is 9.43. The molecule has 0 saturated heterocycles. The molecule has 3 rings (SSSR count). The Balaban J connectivity index is 1.70. The Morgan fingerprint density at radius 1 is 1.45 bits per heavy atom. The van der Waals surface area contributed by atoms with Crippen LogP contribution in [0.1, 0.15) is 56.0 Å². The fourth-order valence-corrected chi connectivity index (χ4v) is 3.33. The number of aliphatic hydroxyl groups excluding tert-OH is 1. The molecule has 1 unspecified atom stereocenters. The predicted octanol–water partition coefficient (Wildman–Crippen LogP) is 3.73. The number of hydrogen-bond donors (Lipinski definition) is 1. The van der Waals surface area contributed by atoms with Gasteiger partial charge in [0.25, 0.3) is 0 Å². The van der Waals surface area contributed by atoms with Gasteiger partial charge in [-0.3, -0.25) is 0 Å². The first-order valence-electron chi connectivity index (χ1n) is 7.22. The number of hydrogen-bond acceptors (Lipinski definition) is 3. The topological polar surface area (TPSA) is 38.0 Å². The lowest BCUT2D eigenvalue weighted by Gasteiger charge is -2.14. The van der Waals surface area contributed by atoms with Crippen molar-refractivity contribution in [3.63, 3.8) is 0 Å². The van der Waals surface area contributed by atoms with Crippen molar-refractivity contribution >= 4 is 11.3 Å². The molecule has 1 fully saturated rings. The Hall–Kier alpha value is -1.13. The van der Waals surface area contributed by atoms with Gasteiger partial charge in [0.1, 0.15) is 5.01 Å². The zero-order chi connectivity index (χ0) is 14.3. The third-order valence-corrected chi connectivity index (χ3v) is 4.65. The van der Waals surface area contributed by atoms with Crippen LogP contribution in [0.25, 0.3) is 0 Å². The number of rotatable bonds is 4. The maximum absolute atomic E-state index is 10.1. The van der Waals surface area contributed by atoms with Gasteiger partial charge in [0.05, 0.1) is 18.3 Å². The van der Waals surface area contributed by atoms with Gasteiger partial charge in [-0.15, -0.1) is 11.3 Å². The molecule has 20 heavy (non-hydrogen) atoms. The molecule has 0 aliphatic heterocycles. The molecule has 1 saturated carbocycles. The predicted molar refractivity (Wildman–Crippen MR) is 82.0 cm³/mol. The van der Waals surface area contributed by atoms with Gasteiger partial charge >= 0.3 is 0 Å². The van der Waals surface area contributed by atoms with E-state index < -0.39 is 0 Å². The Morgan fingerprint density at radius 3 is 2.80 bits per heavy atom.